The van der Waals surface area contributed by atoms with Gasteiger partial charge in [-0.05, 0) is 128 Å². The van der Waals surface area contributed by atoms with Gasteiger partial charge < -0.3 is 4.90 Å². The van der Waals surface area contributed by atoms with Gasteiger partial charge in [0.25, 0.3) is 0 Å². The van der Waals surface area contributed by atoms with E-state index in [0.717, 1.165) is 33.8 Å². The number of hydrogen-bond acceptors (Lipinski definition) is 2. The third-order valence-electron chi connectivity index (χ3n) is 11.9. The van der Waals surface area contributed by atoms with Crippen LogP contribution in [0.25, 0.3) is 86.9 Å². The number of rotatable bonds is 9. The SMILES string of the molecule is c1ccc(-c2ccc(N(c3ccc(-c4cccc5sc6ccccc6c45)cc3)c3ccc(-c4cc(-c5ccccc5)cc(-c5ccccc5)c4)cc3-c3ccccc3)cc2)cc1. The Morgan fingerprint density at radius 3 is 1.26 bits per heavy atom. The van der Waals surface area contributed by atoms with Crippen molar-refractivity contribution < 1.29 is 0 Å². The van der Waals surface area contributed by atoms with Crippen molar-refractivity contribution >= 4 is 48.6 Å². The Balaban J connectivity index is 1.08. The molecular formula is C60H41NS. The summed E-state index contributed by atoms with van der Waals surface area (Å²) in [6.45, 7) is 0. The molecule has 0 aliphatic heterocycles. The van der Waals surface area contributed by atoms with Crippen LogP contribution in [-0.4, -0.2) is 0 Å². The van der Waals surface area contributed by atoms with Gasteiger partial charge in [-0.2, -0.15) is 0 Å². The lowest BCUT2D eigenvalue weighted by Gasteiger charge is -2.29. The Kier molecular flexibility index (Phi) is 9.82. The fraction of sp³-hybridized carbons (Fsp3) is 0. The molecule has 0 atom stereocenters. The zero-order valence-corrected chi connectivity index (χ0v) is 34.8. The molecule has 1 aromatic heterocycles. The number of thiophene rings is 1. The van der Waals surface area contributed by atoms with E-state index in [2.05, 4.69) is 254 Å². The Morgan fingerprint density at radius 1 is 0.258 bits per heavy atom. The maximum absolute atomic E-state index is 2.42. The van der Waals surface area contributed by atoms with E-state index in [1.807, 2.05) is 11.3 Å². The van der Waals surface area contributed by atoms with Gasteiger partial charge in [-0.15, -0.1) is 11.3 Å². The molecule has 0 spiro atoms. The number of fused-ring (bicyclic) bond motifs is 3. The van der Waals surface area contributed by atoms with Crippen LogP contribution in [0.3, 0.4) is 0 Å². The first-order chi connectivity index (χ1) is 30.7. The standard InChI is InChI=1S/C60H41NS/c1-5-16-42(17-6-1)45-28-33-52(34-29-45)61(53-35-30-47(31-36-53)54-25-15-27-59-60(54)55-24-13-14-26-58(55)62-59)57-37-32-48(41-56(57)46-22-11-4-12-23-46)51-39-49(43-18-7-2-8-19-43)38-50(40-51)44-20-9-3-10-21-44/h1-41H. The molecule has 10 aromatic carbocycles. The molecule has 292 valence electrons. The molecule has 0 saturated heterocycles. The van der Waals surface area contributed by atoms with Gasteiger partial charge in [0.1, 0.15) is 0 Å². The minimum absolute atomic E-state index is 1.09. The van der Waals surface area contributed by atoms with Gasteiger partial charge in [-0.1, -0.05) is 182 Å². The molecule has 0 unspecified atom stereocenters. The molecule has 1 heterocycles. The minimum Gasteiger partial charge on any atom is -0.310 e. The molecule has 0 fully saturated rings. The van der Waals surface area contributed by atoms with Crippen molar-refractivity contribution in [1.29, 1.82) is 0 Å². The highest BCUT2D eigenvalue weighted by Crippen LogP contribution is 2.45. The topological polar surface area (TPSA) is 3.24 Å². The zero-order valence-electron chi connectivity index (χ0n) is 34.0. The normalized spacial score (nSPS) is 11.2. The summed E-state index contributed by atoms with van der Waals surface area (Å²) in [6, 6.07) is 90.4. The third-order valence-corrected chi connectivity index (χ3v) is 13.0. The molecule has 0 aliphatic rings. The van der Waals surface area contributed by atoms with Crippen LogP contribution in [0, 0.1) is 0 Å². The van der Waals surface area contributed by atoms with Crippen molar-refractivity contribution in [1.82, 2.24) is 0 Å². The van der Waals surface area contributed by atoms with Crippen LogP contribution in [0.2, 0.25) is 0 Å². The summed E-state index contributed by atoms with van der Waals surface area (Å²) >= 11 is 1.86. The summed E-state index contributed by atoms with van der Waals surface area (Å²) in [5.74, 6) is 0. The van der Waals surface area contributed by atoms with E-state index >= 15 is 0 Å². The summed E-state index contributed by atoms with van der Waals surface area (Å²) in [7, 11) is 0. The molecule has 0 radical (unpaired) electrons. The molecule has 1 nitrogen and oxygen atoms in total. The molecule has 62 heavy (non-hydrogen) atoms. The molecule has 0 N–H and O–H groups in total. The van der Waals surface area contributed by atoms with Gasteiger partial charge in [-0.3, -0.25) is 0 Å². The molecule has 0 bridgehead atoms. The van der Waals surface area contributed by atoms with Gasteiger partial charge in [0, 0.05) is 37.1 Å². The van der Waals surface area contributed by atoms with Crippen molar-refractivity contribution in [2.24, 2.45) is 0 Å². The summed E-state index contributed by atoms with van der Waals surface area (Å²) in [4.78, 5) is 2.42. The predicted octanol–water partition coefficient (Wildman–Crippen LogP) is 17.5. The first-order valence-electron chi connectivity index (χ1n) is 21.2. The second-order valence-electron chi connectivity index (χ2n) is 15.7. The summed E-state index contributed by atoms with van der Waals surface area (Å²) in [5, 5.41) is 2.63. The van der Waals surface area contributed by atoms with Crippen LogP contribution < -0.4 is 4.90 Å². The van der Waals surface area contributed by atoms with Crippen LogP contribution >= 0.6 is 11.3 Å². The highest BCUT2D eigenvalue weighted by atomic mass is 32.1. The Morgan fingerprint density at radius 2 is 0.677 bits per heavy atom. The van der Waals surface area contributed by atoms with Gasteiger partial charge in [0.2, 0.25) is 0 Å². The van der Waals surface area contributed by atoms with Crippen molar-refractivity contribution in [3.8, 4) is 66.8 Å². The lowest BCUT2D eigenvalue weighted by atomic mass is 9.91. The monoisotopic (exact) mass is 807 g/mol. The summed E-state index contributed by atoms with van der Waals surface area (Å²) < 4.78 is 2.63. The maximum atomic E-state index is 2.42. The number of anilines is 3. The second kappa shape index (κ2) is 16.3. The van der Waals surface area contributed by atoms with Crippen LogP contribution in [0.5, 0.6) is 0 Å². The first kappa shape index (κ1) is 37.2. The van der Waals surface area contributed by atoms with Gasteiger partial charge in [-0.25, -0.2) is 0 Å². The quantitative estimate of drug-likeness (QED) is 0.140. The van der Waals surface area contributed by atoms with E-state index in [-0.39, 0.29) is 0 Å². The van der Waals surface area contributed by atoms with Crippen LogP contribution in [-0.2, 0) is 0 Å². The highest BCUT2D eigenvalue weighted by molar-refractivity contribution is 7.25. The average molecular weight is 808 g/mol. The van der Waals surface area contributed by atoms with E-state index in [1.165, 1.54) is 70.2 Å². The lowest BCUT2D eigenvalue weighted by molar-refractivity contribution is 1.28. The maximum Gasteiger partial charge on any atom is 0.0540 e. The highest BCUT2D eigenvalue weighted by Gasteiger charge is 2.20. The van der Waals surface area contributed by atoms with Crippen LogP contribution in [0.15, 0.2) is 249 Å². The van der Waals surface area contributed by atoms with E-state index in [9.17, 15) is 0 Å². The minimum atomic E-state index is 1.09. The molecule has 2 heteroatoms. The average Bonchev–Trinajstić information content (AvgIpc) is 3.75. The molecule has 0 amide bonds. The van der Waals surface area contributed by atoms with E-state index in [4.69, 9.17) is 0 Å². The van der Waals surface area contributed by atoms with E-state index < -0.39 is 0 Å². The number of benzene rings is 10. The summed E-state index contributed by atoms with van der Waals surface area (Å²) in [5.41, 5.74) is 17.6. The molecular weight excluding hydrogens is 767 g/mol. The number of nitrogens with zero attached hydrogens (tertiary/aromatic N) is 1. The molecule has 11 aromatic rings. The van der Waals surface area contributed by atoms with Gasteiger partial charge >= 0.3 is 0 Å². The first-order valence-corrected chi connectivity index (χ1v) is 22.0. The fourth-order valence-electron chi connectivity index (χ4n) is 8.81. The lowest BCUT2D eigenvalue weighted by Crippen LogP contribution is -2.11. The fourth-order valence-corrected chi connectivity index (χ4v) is 9.95. The van der Waals surface area contributed by atoms with Crippen molar-refractivity contribution in [3.63, 3.8) is 0 Å². The zero-order chi connectivity index (χ0) is 41.2. The predicted molar refractivity (Wildman–Crippen MR) is 267 cm³/mol. The molecule has 11 rings (SSSR count). The van der Waals surface area contributed by atoms with E-state index in [1.54, 1.807) is 0 Å². The van der Waals surface area contributed by atoms with Crippen molar-refractivity contribution in [2.45, 2.75) is 0 Å². The third kappa shape index (κ3) is 7.17. The van der Waals surface area contributed by atoms with Gasteiger partial charge in [0.15, 0.2) is 0 Å². The second-order valence-corrected chi connectivity index (χ2v) is 16.8. The van der Waals surface area contributed by atoms with Crippen molar-refractivity contribution in [2.75, 3.05) is 4.90 Å². The van der Waals surface area contributed by atoms with Crippen LogP contribution in [0.1, 0.15) is 0 Å². The van der Waals surface area contributed by atoms with Crippen LogP contribution in [0.4, 0.5) is 17.1 Å². The smallest absolute Gasteiger partial charge is 0.0540 e. The van der Waals surface area contributed by atoms with E-state index in [0.29, 0.717) is 0 Å². The Bertz CT molecular complexity index is 3240. The summed E-state index contributed by atoms with van der Waals surface area (Å²) in [6.07, 6.45) is 0. The molecule has 0 aliphatic carbocycles. The Hall–Kier alpha value is -7.78. The largest absolute Gasteiger partial charge is 0.310 e. The van der Waals surface area contributed by atoms with Crippen molar-refractivity contribution in [3.05, 3.63) is 249 Å². The number of hydrogen-bond donors (Lipinski definition) is 0. The molecule has 0 saturated carbocycles. The van der Waals surface area contributed by atoms with Gasteiger partial charge in [0.05, 0.1) is 5.69 Å². The Labute approximate surface area is 367 Å².